The van der Waals surface area contributed by atoms with E-state index in [9.17, 15) is 4.39 Å². The fourth-order valence-corrected chi connectivity index (χ4v) is 5.36. The summed E-state index contributed by atoms with van der Waals surface area (Å²) in [5.41, 5.74) is 1.15. The van der Waals surface area contributed by atoms with Gasteiger partial charge in [-0.25, -0.2) is 4.39 Å². The Morgan fingerprint density at radius 1 is 1.17 bits per heavy atom. The van der Waals surface area contributed by atoms with Gasteiger partial charge in [0.1, 0.15) is 11.6 Å². The van der Waals surface area contributed by atoms with Gasteiger partial charge in [0.2, 0.25) is 0 Å². The molecule has 4 rings (SSSR count). The molecule has 1 N–H and O–H groups in total. The molecule has 0 bridgehead atoms. The van der Waals surface area contributed by atoms with Gasteiger partial charge in [-0.2, -0.15) is 0 Å². The molecule has 1 aliphatic heterocycles. The second kappa shape index (κ2) is 8.97. The van der Waals surface area contributed by atoms with Crippen molar-refractivity contribution in [2.45, 2.75) is 45.6 Å². The normalized spacial score (nSPS) is 25.2. The first kappa shape index (κ1) is 20.5. The lowest BCUT2D eigenvalue weighted by Crippen LogP contribution is -2.29. The third-order valence-corrected chi connectivity index (χ3v) is 6.73. The van der Waals surface area contributed by atoms with Crippen molar-refractivity contribution in [3.63, 3.8) is 0 Å². The van der Waals surface area contributed by atoms with Crippen molar-refractivity contribution in [3.05, 3.63) is 41.2 Å². The molecule has 2 aromatic rings. The number of aromatic nitrogens is 2. The van der Waals surface area contributed by atoms with Crippen LogP contribution in [0.15, 0.2) is 30.3 Å². The second-order valence-electron chi connectivity index (χ2n) is 8.87. The van der Waals surface area contributed by atoms with E-state index in [-0.39, 0.29) is 5.82 Å². The van der Waals surface area contributed by atoms with Crippen LogP contribution in [0.25, 0.3) is 11.3 Å². The Bertz CT molecular complexity index is 814. The van der Waals surface area contributed by atoms with Crippen molar-refractivity contribution >= 4 is 17.4 Å². The highest BCUT2D eigenvalue weighted by molar-refractivity contribution is 6.33. The smallest absolute Gasteiger partial charge is 0.148 e. The quantitative estimate of drug-likeness (QED) is 0.647. The minimum absolute atomic E-state index is 0.330. The van der Waals surface area contributed by atoms with Crippen molar-refractivity contribution in [1.29, 1.82) is 0 Å². The van der Waals surface area contributed by atoms with Crippen LogP contribution in [0.5, 0.6) is 0 Å². The summed E-state index contributed by atoms with van der Waals surface area (Å²) in [6.07, 6.45) is 5.00. The second-order valence-corrected chi connectivity index (χ2v) is 9.28. The number of fused-ring (bicyclic) bond motifs is 1. The predicted molar refractivity (Wildman–Crippen MR) is 117 cm³/mol. The minimum atomic E-state index is -0.330. The van der Waals surface area contributed by atoms with E-state index in [0.29, 0.717) is 22.3 Å². The first-order chi connectivity index (χ1) is 14.0. The molecule has 0 radical (unpaired) electrons. The van der Waals surface area contributed by atoms with Crippen molar-refractivity contribution in [3.8, 4) is 11.3 Å². The van der Waals surface area contributed by atoms with Gasteiger partial charge in [0.05, 0.1) is 10.7 Å². The molecule has 4 atom stereocenters. The van der Waals surface area contributed by atoms with Gasteiger partial charge in [-0.3, -0.25) is 0 Å². The van der Waals surface area contributed by atoms with E-state index in [4.69, 9.17) is 11.6 Å². The number of rotatable bonds is 7. The monoisotopic (exact) mass is 416 g/mol. The number of nitrogens with one attached hydrogen (secondary N) is 1. The van der Waals surface area contributed by atoms with Crippen molar-refractivity contribution in [1.82, 2.24) is 15.1 Å². The van der Waals surface area contributed by atoms with Crippen LogP contribution in [-0.4, -0.2) is 40.8 Å². The van der Waals surface area contributed by atoms with Crippen LogP contribution in [-0.2, 0) is 0 Å². The molecule has 4 nitrogen and oxygen atoms in total. The van der Waals surface area contributed by atoms with Gasteiger partial charge in [-0.15, -0.1) is 10.2 Å². The van der Waals surface area contributed by atoms with Crippen LogP contribution < -0.4 is 5.32 Å². The number of likely N-dealkylation sites (tertiary alicyclic amines) is 1. The molecule has 1 saturated carbocycles. The Balaban J connectivity index is 1.31. The number of benzene rings is 1. The van der Waals surface area contributed by atoms with Crippen molar-refractivity contribution in [2.24, 2.45) is 17.8 Å². The van der Waals surface area contributed by atoms with Crippen molar-refractivity contribution in [2.75, 3.05) is 25.0 Å². The van der Waals surface area contributed by atoms with Crippen molar-refractivity contribution < 1.29 is 4.39 Å². The number of anilines is 1. The van der Waals surface area contributed by atoms with Crippen LogP contribution in [0.4, 0.5) is 10.2 Å². The molecule has 6 heteroatoms. The Morgan fingerprint density at radius 2 is 1.93 bits per heavy atom. The zero-order chi connectivity index (χ0) is 20.4. The minimum Gasteiger partial charge on any atom is -0.366 e. The highest BCUT2D eigenvalue weighted by Gasteiger charge is 2.40. The molecule has 0 spiro atoms. The van der Waals surface area contributed by atoms with E-state index in [1.165, 1.54) is 57.5 Å². The molecular weight excluding hydrogens is 387 g/mol. The molecule has 1 saturated heterocycles. The fraction of sp³-hybridized carbons (Fsp3) is 0.565. The molecule has 156 valence electrons. The lowest BCUT2D eigenvalue weighted by molar-refractivity contribution is 0.259. The molecule has 29 heavy (non-hydrogen) atoms. The van der Waals surface area contributed by atoms with Crippen LogP contribution in [0.2, 0.25) is 5.02 Å². The summed E-state index contributed by atoms with van der Waals surface area (Å²) in [4.78, 5) is 2.67. The highest BCUT2D eigenvalue weighted by Crippen LogP contribution is 2.39. The summed E-state index contributed by atoms with van der Waals surface area (Å²) in [6.45, 7) is 8.36. The van der Waals surface area contributed by atoms with Gasteiger partial charge in [0.15, 0.2) is 0 Å². The van der Waals surface area contributed by atoms with Crippen LogP contribution >= 0.6 is 11.6 Å². The van der Waals surface area contributed by atoms with E-state index in [0.717, 1.165) is 23.6 Å². The molecular formula is C23H30ClFN4. The third-order valence-electron chi connectivity index (χ3n) is 6.40. The third kappa shape index (κ3) is 4.89. The largest absolute Gasteiger partial charge is 0.366 e. The summed E-state index contributed by atoms with van der Waals surface area (Å²) in [5, 5.41) is 12.6. The van der Waals surface area contributed by atoms with E-state index in [2.05, 4.69) is 34.3 Å². The standard InChI is InChI=1S/C23H30ClFN4/c1-3-4-15(2)12-29-13-16-9-19(10-17(16)14-29)26-23-8-7-22(27-28-23)20-11-18(25)5-6-21(20)24/h5-8,11,15-17,19H,3-4,9-10,12-14H2,1-2H3,(H,26,28)/t15?,16-,17+,19?. The van der Waals surface area contributed by atoms with Crippen LogP contribution in [0, 0.1) is 23.6 Å². The van der Waals surface area contributed by atoms with Gasteiger partial charge in [-0.05, 0) is 67.3 Å². The topological polar surface area (TPSA) is 41.0 Å². The molecule has 1 aromatic carbocycles. The molecule has 2 unspecified atom stereocenters. The maximum Gasteiger partial charge on any atom is 0.148 e. The summed E-state index contributed by atoms with van der Waals surface area (Å²) >= 11 is 6.17. The number of halogens is 2. The number of nitrogens with zero attached hydrogens (tertiary/aromatic N) is 3. The van der Waals surface area contributed by atoms with Crippen LogP contribution in [0.1, 0.15) is 39.5 Å². The zero-order valence-electron chi connectivity index (χ0n) is 17.2. The van der Waals surface area contributed by atoms with E-state index >= 15 is 0 Å². The van der Waals surface area contributed by atoms with Gasteiger partial charge in [-0.1, -0.05) is 31.9 Å². The summed E-state index contributed by atoms with van der Waals surface area (Å²) < 4.78 is 13.5. The molecule has 0 amide bonds. The van der Waals surface area contributed by atoms with Crippen LogP contribution in [0.3, 0.4) is 0 Å². The number of hydrogen-bond acceptors (Lipinski definition) is 4. The van der Waals surface area contributed by atoms with E-state index < -0.39 is 0 Å². The lowest BCUT2D eigenvalue weighted by Gasteiger charge is -2.22. The SMILES string of the molecule is CCCC(C)CN1C[C@H]2CC(Nc3ccc(-c4cc(F)ccc4Cl)nn3)C[C@H]2C1. The molecule has 2 heterocycles. The Labute approximate surface area is 177 Å². The first-order valence-electron chi connectivity index (χ1n) is 10.8. The maximum absolute atomic E-state index is 13.5. The van der Waals surface area contributed by atoms with Gasteiger partial charge < -0.3 is 10.2 Å². The van der Waals surface area contributed by atoms with Gasteiger partial charge in [0.25, 0.3) is 0 Å². The predicted octanol–water partition coefficient (Wildman–Crippen LogP) is 5.49. The van der Waals surface area contributed by atoms with E-state index in [1.54, 1.807) is 6.07 Å². The van der Waals surface area contributed by atoms with Gasteiger partial charge >= 0.3 is 0 Å². The summed E-state index contributed by atoms with van der Waals surface area (Å²) in [7, 11) is 0. The number of hydrogen-bond donors (Lipinski definition) is 1. The Kier molecular flexibility index (Phi) is 6.35. The zero-order valence-corrected chi connectivity index (χ0v) is 18.0. The average Bonchev–Trinajstić information content (AvgIpc) is 3.22. The summed E-state index contributed by atoms with van der Waals surface area (Å²) in [5.74, 6) is 2.83. The first-order valence-corrected chi connectivity index (χ1v) is 11.2. The Hall–Kier alpha value is -1.72. The lowest BCUT2D eigenvalue weighted by atomic mass is 10.0. The highest BCUT2D eigenvalue weighted by atomic mass is 35.5. The fourth-order valence-electron chi connectivity index (χ4n) is 5.14. The molecule has 2 fully saturated rings. The molecule has 1 aromatic heterocycles. The van der Waals surface area contributed by atoms with E-state index in [1.807, 2.05) is 12.1 Å². The summed E-state index contributed by atoms with van der Waals surface area (Å²) in [6, 6.07) is 8.50. The Morgan fingerprint density at radius 3 is 2.59 bits per heavy atom. The average molecular weight is 417 g/mol. The van der Waals surface area contributed by atoms with Gasteiger partial charge in [0, 0.05) is 31.2 Å². The molecule has 1 aliphatic carbocycles. The maximum atomic E-state index is 13.5. The molecule has 2 aliphatic rings.